The highest BCUT2D eigenvalue weighted by molar-refractivity contribution is 5.40. The van der Waals surface area contributed by atoms with E-state index in [1.54, 1.807) is 11.1 Å². The SMILES string of the molecule is C=C1/C(=C\C=C2/C[C@H](CCCCCCCCCC[C@H]3C/C(=C\C=C4\C[C@@H](O)C[C@H](O)C4=C)[C@@H]4CC[C@H]([C@H](C)CCCC(C)(C)O)[C@@]4(C)C3)C[C@]3(C)[C@@H]([C@H](C)CCCC(C)(C)O)CC[C@@H]23)C[C@@H](O)C[C@@H]1O. The standard InChI is InChI=1S/C64H106O6/c1-43(21-19-33-61(5,6)69)55-29-31-57-51(27-25-49-37-53(65)39-59(67)45(49)3)35-47(41-63(55,57)9)23-17-15-13-11-12-14-16-18-24-48-36-52(28-26-50-38-54(66)40-60(68)46(50)4)58-32-30-56(64(58,10)42-48)44(2)22-20-34-62(7,8)70/h25-28,43-44,47-48,53-60,65-70H,3-4,11-24,29-42H2,1-2,5-10H3/b49-25-,50-26-,51-27+,52-28+/t43-,44-,47+,48+,53-,54-,55-,56-,57+,58+,59+,60+,63-,64-/m1/s1. The molecule has 6 rings (SSSR count). The second-order valence-corrected chi connectivity index (χ2v) is 26.9. The van der Waals surface area contributed by atoms with Crippen molar-refractivity contribution in [2.45, 2.75) is 271 Å². The van der Waals surface area contributed by atoms with Crippen molar-refractivity contribution in [3.05, 3.63) is 70.9 Å². The molecule has 6 aliphatic rings. The first-order chi connectivity index (χ1) is 33.0. The van der Waals surface area contributed by atoms with Crippen LogP contribution < -0.4 is 0 Å². The highest BCUT2D eigenvalue weighted by Gasteiger charge is 2.54. The van der Waals surface area contributed by atoms with Crippen molar-refractivity contribution < 1.29 is 30.6 Å². The quantitative estimate of drug-likeness (QED) is 0.0568. The van der Waals surface area contributed by atoms with Crippen molar-refractivity contribution in [2.75, 3.05) is 0 Å². The van der Waals surface area contributed by atoms with Crippen molar-refractivity contribution in [1.29, 1.82) is 0 Å². The van der Waals surface area contributed by atoms with Gasteiger partial charge in [0.1, 0.15) is 0 Å². The highest BCUT2D eigenvalue weighted by atomic mass is 16.3. The van der Waals surface area contributed by atoms with Crippen LogP contribution in [0.2, 0.25) is 0 Å². The van der Waals surface area contributed by atoms with Crippen LogP contribution in [0.3, 0.4) is 0 Å². The van der Waals surface area contributed by atoms with Gasteiger partial charge in [-0.25, -0.2) is 0 Å². The summed E-state index contributed by atoms with van der Waals surface area (Å²) < 4.78 is 0. The summed E-state index contributed by atoms with van der Waals surface area (Å²) in [5, 5.41) is 63.0. The van der Waals surface area contributed by atoms with Crippen LogP contribution in [0.15, 0.2) is 70.9 Å². The van der Waals surface area contributed by atoms with E-state index < -0.39 is 35.6 Å². The summed E-state index contributed by atoms with van der Waals surface area (Å²) in [6, 6.07) is 0. The first-order valence-corrected chi connectivity index (χ1v) is 29.3. The number of hydrogen-bond donors (Lipinski definition) is 6. The first kappa shape index (κ1) is 57.5. The number of fused-ring (bicyclic) bond motifs is 2. The van der Waals surface area contributed by atoms with Crippen LogP contribution in [-0.4, -0.2) is 66.3 Å². The number of unbranched alkanes of at least 4 members (excludes halogenated alkanes) is 7. The van der Waals surface area contributed by atoms with Gasteiger partial charge in [-0.05, 0) is 185 Å². The van der Waals surface area contributed by atoms with Crippen LogP contribution in [0.1, 0.15) is 235 Å². The number of rotatable bonds is 23. The van der Waals surface area contributed by atoms with Gasteiger partial charge in [-0.3, -0.25) is 0 Å². The molecule has 0 aliphatic heterocycles. The predicted octanol–water partition coefficient (Wildman–Crippen LogP) is 14.8. The second kappa shape index (κ2) is 25.2. The van der Waals surface area contributed by atoms with E-state index in [2.05, 4.69) is 65.2 Å². The fourth-order valence-electron chi connectivity index (χ4n) is 16.3. The molecule has 0 spiro atoms. The first-order valence-electron chi connectivity index (χ1n) is 29.3. The summed E-state index contributed by atoms with van der Waals surface area (Å²) in [6.45, 7) is 26.4. The largest absolute Gasteiger partial charge is 0.393 e. The minimum absolute atomic E-state index is 0.283. The van der Waals surface area contributed by atoms with E-state index in [0.29, 0.717) is 73.0 Å². The molecule has 0 aromatic carbocycles. The molecule has 14 atom stereocenters. The molecular formula is C64H106O6. The Balaban J connectivity index is 0.990. The Bertz CT molecular complexity index is 1710. The van der Waals surface area contributed by atoms with E-state index >= 15 is 0 Å². The van der Waals surface area contributed by atoms with E-state index in [4.69, 9.17) is 0 Å². The molecule has 0 heterocycles. The molecule has 70 heavy (non-hydrogen) atoms. The molecule has 0 radical (unpaired) electrons. The molecule has 0 unspecified atom stereocenters. The van der Waals surface area contributed by atoms with Crippen LogP contribution in [0.25, 0.3) is 0 Å². The molecule has 0 amide bonds. The lowest BCUT2D eigenvalue weighted by Gasteiger charge is -2.47. The molecule has 6 aliphatic carbocycles. The maximum Gasteiger partial charge on any atom is 0.0811 e. The molecule has 6 saturated carbocycles. The lowest BCUT2D eigenvalue weighted by Crippen LogP contribution is -2.39. The van der Waals surface area contributed by atoms with Gasteiger partial charge < -0.3 is 30.6 Å². The van der Waals surface area contributed by atoms with Gasteiger partial charge >= 0.3 is 0 Å². The van der Waals surface area contributed by atoms with E-state index in [1.165, 1.54) is 128 Å². The van der Waals surface area contributed by atoms with E-state index in [-0.39, 0.29) is 10.8 Å². The third kappa shape index (κ3) is 15.4. The Hall–Kier alpha value is -1.80. The summed E-state index contributed by atoms with van der Waals surface area (Å²) in [5.74, 6) is 5.25. The number of aliphatic hydroxyl groups excluding tert-OH is 4. The average Bonchev–Trinajstić information content (AvgIpc) is 3.81. The van der Waals surface area contributed by atoms with Crippen LogP contribution in [0, 0.1) is 58.2 Å². The van der Waals surface area contributed by atoms with Crippen LogP contribution in [0.5, 0.6) is 0 Å². The third-order valence-electron chi connectivity index (χ3n) is 20.0. The molecule has 6 heteroatoms. The van der Waals surface area contributed by atoms with Gasteiger partial charge in [0.2, 0.25) is 0 Å². The third-order valence-corrected chi connectivity index (χ3v) is 20.0. The van der Waals surface area contributed by atoms with E-state index in [0.717, 1.165) is 48.0 Å². The smallest absolute Gasteiger partial charge is 0.0811 e. The molecule has 398 valence electrons. The van der Waals surface area contributed by atoms with Gasteiger partial charge in [0.05, 0.1) is 35.6 Å². The zero-order valence-electron chi connectivity index (χ0n) is 46.1. The summed E-state index contributed by atoms with van der Waals surface area (Å²) in [6.07, 6.45) is 38.3. The summed E-state index contributed by atoms with van der Waals surface area (Å²) in [4.78, 5) is 0. The summed E-state index contributed by atoms with van der Waals surface area (Å²) in [7, 11) is 0. The maximum atomic E-state index is 10.6. The minimum Gasteiger partial charge on any atom is -0.393 e. The van der Waals surface area contributed by atoms with Gasteiger partial charge in [0, 0.05) is 12.8 Å². The van der Waals surface area contributed by atoms with Gasteiger partial charge in [-0.15, -0.1) is 0 Å². The fraction of sp³-hybridized carbons (Fsp3) is 0.812. The molecule has 6 N–H and O–H groups in total. The molecule has 6 nitrogen and oxygen atoms in total. The lowest BCUT2D eigenvalue weighted by molar-refractivity contribution is 0.0502. The van der Waals surface area contributed by atoms with Crippen LogP contribution in [-0.2, 0) is 0 Å². The number of allylic oxidation sites excluding steroid dienone is 6. The predicted molar refractivity (Wildman–Crippen MR) is 292 cm³/mol. The van der Waals surface area contributed by atoms with Gasteiger partial charge in [-0.1, -0.05) is 166 Å². The van der Waals surface area contributed by atoms with Crippen molar-refractivity contribution in [3.63, 3.8) is 0 Å². The normalized spacial score (nSPS) is 37.4. The zero-order chi connectivity index (χ0) is 51.0. The minimum atomic E-state index is -0.656. The number of hydrogen-bond acceptors (Lipinski definition) is 6. The zero-order valence-corrected chi connectivity index (χ0v) is 46.1. The Labute approximate surface area is 428 Å². The van der Waals surface area contributed by atoms with Gasteiger partial charge in [0.15, 0.2) is 0 Å². The fourth-order valence-corrected chi connectivity index (χ4v) is 16.3. The van der Waals surface area contributed by atoms with Crippen molar-refractivity contribution in [2.24, 2.45) is 58.2 Å². The van der Waals surface area contributed by atoms with Gasteiger partial charge in [0.25, 0.3) is 0 Å². The lowest BCUT2D eigenvalue weighted by atomic mass is 9.57. The maximum absolute atomic E-state index is 10.6. The van der Waals surface area contributed by atoms with Crippen molar-refractivity contribution in [1.82, 2.24) is 0 Å². The Kier molecular flexibility index (Phi) is 20.7. The van der Waals surface area contributed by atoms with Crippen molar-refractivity contribution >= 4 is 0 Å². The van der Waals surface area contributed by atoms with Crippen LogP contribution >= 0.6 is 0 Å². The number of aliphatic hydroxyl groups is 6. The Morgan fingerprint density at radius 2 is 0.886 bits per heavy atom. The second-order valence-electron chi connectivity index (χ2n) is 26.9. The van der Waals surface area contributed by atoms with Crippen LogP contribution in [0.4, 0.5) is 0 Å². The van der Waals surface area contributed by atoms with Crippen molar-refractivity contribution in [3.8, 4) is 0 Å². The molecule has 0 bridgehead atoms. The Morgan fingerprint density at radius 1 is 0.529 bits per heavy atom. The molecule has 0 aromatic rings. The summed E-state index contributed by atoms with van der Waals surface area (Å²) in [5.41, 5.74) is 6.13. The Morgan fingerprint density at radius 3 is 1.24 bits per heavy atom. The topological polar surface area (TPSA) is 121 Å². The van der Waals surface area contributed by atoms with Gasteiger partial charge in [-0.2, -0.15) is 0 Å². The molecule has 6 fully saturated rings. The summed E-state index contributed by atoms with van der Waals surface area (Å²) >= 11 is 0. The van der Waals surface area contributed by atoms with E-state index in [1.807, 2.05) is 27.7 Å². The molecule has 0 saturated heterocycles. The van der Waals surface area contributed by atoms with E-state index in [9.17, 15) is 30.6 Å². The molecular weight excluding hydrogens is 865 g/mol. The average molecular weight is 972 g/mol. The monoisotopic (exact) mass is 971 g/mol. The highest BCUT2D eigenvalue weighted by Crippen LogP contribution is 2.63. The molecule has 0 aromatic heterocycles.